The minimum atomic E-state index is -0.178. The van der Waals surface area contributed by atoms with Crippen LogP contribution in [0.3, 0.4) is 0 Å². The van der Waals surface area contributed by atoms with E-state index in [4.69, 9.17) is 0 Å². The number of nitrogens with one attached hydrogen (secondary N) is 1. The van der Waals surface area contributed by atoms with Crippen molar-refractivity contribution in [2.45, 2.75) is 70.5 Å². The molecule has 0 unspecified atom stereocenters. The van der Waals surface area contributed by atoms with Crippen LogP contribution < -0.4 is 5.32 Å². The van der Waals surface area contributed by atoms with Gasteiger partial charge < -0.3 is 14.8 Å². The summed E-state index contributed by atoms with van der Waals surface area (Å²) in [6.45, 7) is 6.54. The number of para-hydroxylation sites is 1. The molecule has 1 aliphatic rings. The summed E-state index contributed by atoms with van der Waals surface area (Å²) in [4.78, 5) is 27.1. The van der Waals surface area contributed by atoms with Gasteiger partial charge in [-0.25, -0.2) is 0 Å². The van der Waals surface area contributed by atoms with Crippen molar-refractivity contribution in [1.82, 2.24) is 19.7 Å². The molecule has 31 heavy (non-hydrogen) atoms. The van der Waals surface area contributed by atoms with Gasteiger partial charge in [0.25, 0.3) is 0 Å². The van der Waals surface area contributed by atoms with Crippen LogP contribution in [0.2, 0.25) is 0 Å². The first kappa shape index (κ1) is 23.3. The highest BCUT2D eigenvalue weighted by Crippen LogP contribution is 2.32. The molecule has 1 saturated carbocycles. The lowest BCUT2D eigenvalue weighted by Gasteiger charge is -2.25. The summed E-state index contributed by atoms with van der Waals surface area (Å²) in [5.41, 5.74) is 1.78. The van der Waals surface area contributed by atoms with E-state index in [2.05, 4.69) is 20.1 Å². The van der Waals surface area contributed by atoms with Gasteiger partial charge in [0, 0.05) is 18.3 Å². The first-order valence-electron chi connectivity index (χ1n) is 11.2. The number of hydrogen-bond acceptors (Lipinski definition) is 5. The smallest absolute Gasteiger partial charge is 0.244 e. The third kappa shape index (κ3) is 6.32. The van der Waals surface area contributed by atoms with Crippen LogP contribution >= 0.6 is 11.8 Å². The van der Waals surface area contributed by atoms with Crippen LogP contribution in [0.15, 0.2) is 29.4 Å². The van der Waals surface area contributed by atoms with E-state index in [1.54, 1.807) is 4.90 Å². The van der Waals surface area contributed by atoms with Gasteiger partial charge in [-0.1, -0.05) is 56.1 Å². The van der Waals surface area contributed by atoms with Gasteiger partial charge >= 0.3 is 0 Å². The highest BCUT2D eigenvalue weighted by Gasteiger charge is 2.23. The van der Waals surface area contributed by atoms with Crippen LogP contribution in [0.5, 0.6) is 0 Å². The van der Waals surface area contributed by atoms with E-state index in [1.807, 2.05) is 45.0 Å². The fourth-order valence-corrected chi connectivity index (χ4v) is 5.02. The molecule has 0 radical (unpaired) electrons. The zero-order valence-electron chi connectivity index (χ0n) is 18.8. The Bertz CT molecular complexity index is 892. The van der Waals surface area contributed by atoms with Crippen LogP contribution in [0.1, 0.15) is 62.9 Å². The van der Waals surface area contributed by atoms with Crippen molar-refractivity contribution in [2.75, 3.05) is 24.2 Å². The maximum Gasteiger partial charge on any atom is 0.244 e. The monoisotopic (exact) mass is 443 g/mol. The van der Waals surface area contributed by atoms with E-state index in [-0.39, 0.29) is 24.1 Å². The second kappa shape index (κ2) is 11.3. The molecule has 1 N–H and O–H groups in total. The molecule has 3 rings (SSSR count). The van der Waals surface area contributed by atoms with Crippen LogP contribution in [0, 0.1) is 13.8 Å². The van der Waals surface area contributed by atoms with Crippen molar-refractivity contribution >= 4 is 29.3 Å². The summed E-state index contributed by atoms with van der Waals surface area (Å²) in [5.74, 6) is 0.928. The van der Waals surface area contributed by atoms with Gasteiger partial charge in [0.15, 0.2) is 5.16 Å². The summed E-state index contributed by atoms with van der Waals surface area (Å²) in [7, 11) is 0. The second-order valence-corrected chi connectivity index (χ2v) is 9.10. The highest BCUT2D eigenvalue weighted by atomic mass is 32.2. The molecule has 1 aromatic carbocycles. The average molecular weight is 444 g/mol. The first-order chi connectivity index (χ1) is 15.0. The number of rotatable bonds is 9. The molecule has 1 fully saturated rings. The predicted octanol–water partition coefficient (Wildman–Crippen LogP) is 4.37. The van der Waals surface area contributed by atoms with E-state index in [9.17, 15) is 9.59 Å². The Morgan fingerprint density at radius 1 is 1.16 bits per heavy atom. The number of aromatic nitrogens is 3. The second-order valence-electron chi connectivity index (χ2n) is 8.16. The van der Waals surface area contributed by atoms with Crippen LogP contribution in [0.25, 0.3) is 0 Å². The van der Waals surface area contributed by atoms with Crippen molar-refractivity contribution in [2.24, 2.45) is 0 Å². The average Bonchev–Trinajstić information content (AvgIpc) is 3.14. The number of aryl methyl sites for hydroxylation is 2. The van der Waals surface area contributed by atoms with Crippen molar-refractivity contribution in [1.29, 1.82) is 0 Å². The SMILES string of the molecule is CCCN(CC(=O)Nc1ccccc1C)C(=O)CSc1nnc(C)n1C1CCCCC1. The molecule has 0 aliphatic heterocycles. The van der Waals surface area contributed by atoms with E-state index < -0.39 is 0 Å². The van der Waals surface area contributed by atoms with E-state index in [0.717, 1.165) is 41.5 Å². The number of anilines is 1. The van der Waals surface area contributed by atoms with Gasteiger partial charge in [-0.3, -0.25) is 9.59 Å². The Morgan fingerprint density at radius 3 is 2.61 bits per heavy atom. The molecule has 168 valence electrons. The predicted molar refractivity (Wildman–Crippen MR) is 124 cm³/mol. The van der Waals surface area contributed by atoms with E-state index >= 15 is 0 Å². The Morgan fingerprint density at radius 2 is 1.90 bits per heavy atom. The van der Waals surface area contributed by atoms with E-state index in [1.165, 1.54) is 31.0 Å². The van der Waals surface area contributed by atoms with Crippen LogP contribution in [-0.4, -0.2) is 50.3 Å². The van der Waals surface area contributed by atoms with Gasteiger partial charge in [-0.15, -0.1) is 10.2 Å². The number of amides is 2. The molecule has 2 amide bonds. The lowest BCUT2D eigenvalue weighted by atomic mass is 9.95. The van der Waals surface area contributed by atoms with Gasteiger partial charge in [0.2, 0.25) is 11.8 Å². The highest BCUT2D eigenvalue weighted by molar-refractivity contribution is 7.99. The quantitative estimate of drug-likeness (QED) is 0.582. The molecule has 0 bridgehead atoms. The lowest BCUT2D eigenvalue weighted by molar-refractivity contribution is -0.132. The standard InChI is InChI=1S/C23H33N5O2S/c1-4-14-27(15-21(29)24-20-13-9-8-10-17(20)2)22(30)16-31-23-26-25-18(3)28(23)19-11-6-5-7-12-19/h8-10,13,19H,4-7,11-12,14-16H2,1-3H3,(H,24,29). The van der Waals surface area contributed by atoms with Crippen LogP contribution in [0.4, 0.5) is 5.69 Å². The molecule has 0 spiro atoms. The Hall–Kier alpha value is -2.35. The number of carbonyl (C=O) groups is 2. The summed E-state index contributed by atoms with van der Waals surface area (Å²) in [6.07, 6.45) is 6.82. The molecule has 0 atom stereocenters. The zero-order valence-corrected chi connectivity index (χ0v) is 19.6. The van der Waals surface area contributed by atoms with Gasteiger partial charge in [-0.2, -0.15) is 0 Å². The third-order valence-corrected chi connectivity index (χ3v) is 6.63. The fourth-order valence-electron chi connectivity index (χ4n) is 4.06. The van der Waals surface area contributed by atoms with Gasteiger partial charge in [0.05, 0.1) is 12.3 Å². The minimum Gasteiger partial charge on any atom is -0.333 e. The molecule has 2 aromatic rings. The molecule has 1 heterocycles. The Kier molecular flexibility index (Phi) is 8.51. The third-order valence-electron chi connectivity index (χ3n) is 5.70. The molecule has 1 aromatic heterocycles. The Labute approximate surface area is 189 Å². The van der Waals surface area contributed by atoms with Crippen molar-refractivity contribution in [3.63, 3.8) is 0 Å². The van der Waals surface area contributed by atoms with E-state index in [0.29, 0.717) is 12.6 Å². The summed E-state index contributed by atoms with van der Waals surface area (Å²) in [6, 6.07) is 8.07. The first-order valence-corrected chi connectivity index (χ1v) is 12.2. The maximum absolute atomic E-state index is 12.9. The largest absolute Gasteiger partial charge is 0.333 e. The number of nitrogens with zero attached hydrogens (tertiary/aromatic N) is 4. The van der Waals surface area contributed by atoms with Crippen molar-refractivity contribution < 1.29 is 9.59 Å². The molecular weight excluding hydrogens is 410 g/mol. The summed E-state index contributed by atoms with van der Waals surface area (Å²) in [5, 5.41) is 12.3. The number of hydrogen-bond donors (Lipinski definition) is 1. The normalized spacial score (nSPS) is 14.4. The molecule has 1 aliphatic carbocycles. The van der Waals surface area contributed by atoms with Gasteiger partial charge in [0.1, 0.15) is 5.82 Å². The fraction of sp³-hybridized carbons (Fsp3) is 0.565. The zero-order chi connectivity index (χ0) is 22.2. The number of thioether (sulfide) groups is 1. The summed E-state index contributed by atoms with van der Waals surface area (Å²) < 4.78 is 2.20. The lowest BCUT2D eigenvalue weighted by Crippen LogP contribution is -2.39. The molecule has 7 nitrogen and oxygen atoms in total. The van der Waals surface area contributed by atoms with Crippen molar-refractivity contribution in [3.8, 4) is 0 Å². The molecule has 0 saturated heterocycles. The molecular formula is C23H33N5O2S. The maximum atomic E-state index is 12.9. The topological polar surface area (TPSA) is 80.1 Å². The summed E-state index contributed by atoms with van der Waals surface area (Å²) >= 11 is 1.42. The number of carbonyl (C=O) groups excluding carboxylic acids is 2. The number of benzene rings is 1. The molecule has 8 heteroatoms. The Balaban J connectivity index is 1.59. The minimum absolute atomic E-state index is 0.0515. The van der Waals surface area contributed by atoms with Gasteiger partial charge in [-0.05, 0) is 44.7 Å². The van der Waals surface area contributed by atoms with Crippen molar-refractivity contribution in [3.05, 3.63) is 35.7 Å². The van der Waals surface area contributed by atoms with Crippen LogP contribution in [-0.2, 0) is 9.59 Å².